The van der Waals surface area contributed by atoms with Gasteiger partial charge < -0.3 is 19.5 Å². The Kier molecular flexibility index (Phi) is 5.60. The molecule has 2 rings (SSSR count). The molecule has 0 aliphatic carbocycles. The molecule has 0 radical (unpaired) electrons. The van der Waals surface area contributed by atoms with E-state index < -0.39 is 10.0 Å². The van der Waals surface area contributed by atoms with Gasteiger partial charge in [0.05, 0.1) is 13.2 Å². The summed E-state index contributed by atoms with van der Waals surface area (Å²) in [6.45, 7) is 5.63. The van der Waals surface area contributed by atoms with Crippen molar-refractivity contribution < 1.29 is 22.5 Å². The van der Waals surface area contributed by atoms with Gasteiger partial charge in [-0.2, -0.15) is 4.31 Å². The van der Waals surface area contributed by atoms with Crippen molar-refractivity contribution in [2.75, 3.05) is 46.4 Å². The Morgan fingerprint density at radius 1 is 1.35 bits per heavy atom. The SMILES string of the molecule is Cc1noc(C)c1S(=O)(=O)N(C)CCNC(=O)N1CCOCC1. The summed E-state index contributed by atoms with van der Waals surface area (Å²) in [4.78, 5) is 13.7. The summed E-state index contributed by atoms with van der Waals surface area (Å²) < 4.78 is 36.3. The maximum atomic E-state index is 12.5. The third-order valence-corrected chi connectivity index (χ3v) is 5.74. The predicted molar refractivity (Wildman–Crippen MR) is 81.6 cm³/mol. The third kappa shape index (κ3) is 4.01. The van der Waals surface area contributed by atoms with E-state index in [1.807, 2.05) is 0 Å². The molecule has 130 valence electrons. The number of ether oxygens (including phenoxy) is 1. The lowest BCUT2D eigenvalue weighted by Crippen LogP contribution is -2.47. The molecule has 0 unspecified atom stereocenters. The maximum absolute atomic E-state index is 12.5. The minimum Gasteiger partial charge on any atom is -0.378 e. The van der Waals surface area contributed by atoms with E-state index in [2.05, 4.69) is 10.5 Å². The zero-order chi connectivity index (χ0) is 17.0. The predicted octanol–water partition coefficient (Wildman–Crippen LogP) is -0.0463. The van der Waals surface area contributed by atoms with Gasteiger partial charge in [-0.15, -0.1) is 0 Å². The van der Waals surface area contributed by atoms with E-state index in [4.69, 9.17) is 9.26 Å². The van der Waals surface area contributed by atoms with Crippen LogP contribution in [0, 0.1) is 13.8 Å². The van der Waals surface area contributed by atoms with Gasteiger partial charge in [0.1, 0.15) is 10.6 Å². The molecule has 0 atom stereocenters. The van der Waals surface area contributed by atoms with Crippen LogP contribution in [-0.2, 0) is 14.8 Å². The van der Waals surface area contributed by atoms with Crippen LogP contribution in [0.5, 0.6) is 0 Å². The van der Waals surface area contributed by atoms with Crippen LogP contribution >= 0.6 is 0 Å². The first-order valence-electron chi connectivity index (χ1n) is 7.33. The highest BCUT2D eigenvalue weighted by Gasteiger charge is 2.28. The molecule has 2 amide bonds. The molecule has 1 fully saturated rings. The van der Waals surface area contributed by atoms with Gasteiger partial charge in [-0.3, -0.25) is 0 Å². The highest BCUT2D eigenvalue weighted by atomic mass is 32.2. The van der Waals surface area contributed by atoms with Crippen LogP contribution in [0.1, 0.15) is 11.5 Å². The topological polar surface area (TPSA) is 105 Å². The molecular formula is C13H22N4O5S. The van der Waals surface area contributed by atoms with Gasteiger partial charge in [0.25, 0.3) is 0 Å². The number of amides is 2. The number of hydrogen-bond donors (Lipinski definition) is 1. The van der Waals surface area contributed by atoms with E-state index in [1.165, 1.54) is 11.4 Å². The normalized spacial score (nSPS) is 15.9. The number of urea groups is 1. The number of aromatic nitrogens is 1. The van der Waals surface area contributed by atoms with E-state index in [0.29, 0.717) is 32.0 Å². The standard InChI is InChI=1S/C13H22N4O5S/c1-10-12(11(2)22-15-10)23(19,20)16(3)5-4-14-13(18)17-6-8-21-9-7-17/h4-9H2,1-3H3,(H,14,18). The number of nitrogens with zero attached hydrogens (tertiary/aromatic N) is 3. The third-order valence-electron chi connectivity index (χ3n) is 3.64. The number of aryl methyl sites for hydroxylation is 2. The molecule has 1 aromatic heterocycles. The first kappa shape index (κ1) is 17.7. The van der Waals surface area contributed by atoms with E-state index >= 15 is 0 Å². The Morgan fingerprint density at radius 2 is 2.00 bits per heavy atom. The van der Waals surface area contributed by atoms with Crippen LogP contribution in [-0.4, -0.2) is 75.3 Å². The van der Waals surface area contributed by atoms with Gasteiger partial charge in [0, 0.05) is 33.2 Å². The van der Waals surface area contributed by atoms with E-state index in [1.54, 1.807) is 18.7 Å². The second-order valence-electron chi connectivity index (χ2n) is 5.31. The van der Waals surface area contributed by atoms with Crippen LogP contribution in [0.3, 0.4) is 0 Å². The Bertz CT molecular complexity index is 632. The van der Waals surface area contributed by atoms with Gasteiger partial charge >= 0.3 is 6.03 Å². The molecule has 10 heteroatoms. The lowest BCUT2D eigenvalue weighted by atomic mass is 10.4. The molecule has 9 nitrogen and oxygen atoms in total. The van der Waals surface area contributed by atoms with E-state index in [9.17, 15) is 13.2 Å². The average Bonchev–Trinajstić information content (AvgIpc) is 2.87. The zero-order valence-electron chi connectivity index (χ0n) is 13.5. The van der Waals surface area contributed by atoms with Crippen molar-refractivity contribution in [2.24, 2.45) is 0 Å². The summed E-state index contributed by atoms with van der Waals surface area (Å²) in [6.07, 6.45) is 0. The van der Waals surface area contributed by atoms with Crippen molar-refractivity contribution in [3.05, 3.63) is 11.5 Å². The van der Waals surface area contributed by atoms with Gasteiger partial charge in [0.15, 0.2) is 5.76 Å². The summed E-state index contributed by atoms with van der Waals surface area (Å²) in [5.74, 6) is 0.256. The highest BCUT2D eigenvalue weighted by Crippen LogP contribution is 2.21. The smallest absolute Gasteiger partial charge is 0.317 e. The molecule has 1 N–H and O–H groups in total. The molecular weight excluding hydrogens is 324 g/mol. The van der Waals surface area contributed by atoms with Crippen LogP contribution in [0.4, 0.5) is 4.79 Å². The molecule has 0 bridgehead atoms. The van der Waals surface area contributed by atoms with Gasteiger partial charge in [-0.1, -0.05) is 5.16 Å². The fourth-order valence-corrected chi connectivity index (χ4v) is 3.77. The number of nitrogens with one attached hydrogen (secondary N) is 1. The number of morpholine rings is 1. The molecule has 0 aromatic carbocycles. The zero-order valence-corrected chi connectivity index (χ0v) is 14.4. The monoisotopic (exact) mass is 346 g/mol. The van der Waals surface area contributed by atoms with Crippen molar-refractivity contribution in [3.63, 3.8) is 0 Å². The minimum absolute atomic E-state index is 0.0829. The van der Waals surface area contributed by atoms with Crippen molar-refractivity contribution in [3.8, 4) is 0 Å². The van der Waals surface area contributed by atoms with Crippen molar-refractivity contribution in [2.45, 2.75) is 18.7 Å². The molecule has 0 saturated carbocycles. The van der Waals surface area contributed by atoms with Gasteiger partial charge in [0.2, 0.25) is 10.0 Å². The van der Waals surface area contributed by atoms with Crippen molar-refractivity contribution in [1.29, 1.82) is 0 Å². The number of carbonyl (C=O) groups is 1. The summed E-state index contributed by atoms with van der Waals surface area (Å²) in [7, 11) is -2.23. The summed E-state index contributed by atoms with van der Waals surface area (Å²) >= 11 is 0. The Hall–Kier alpha value is -1.65. The molecule has 1 saturated heterocycles. The Labute approximate surface area is 135 Å². The van der Waals surface area contributed by atoms with Crippen LogP contribution in [0.2, 0.25) is 0 Å². The Balaban J connectivity index is 1.89. The second kappa shape index (κ2) is 7.28. The lowest BCUT2D eigenvalue weighted by molar-refractivity contribution is 0.0532. The number of likely N-dealkylation sites (N-methyl/N-ethyl adjacent to an activating group) is 1. The molecule has 2 heterocycles. The van der Waals surface area contributed by atoms with Crippen LogP contribution in [0.15, 0.2) is 9.42 Å². The maximum Gasteiger partial charge on any atom is 0.317 e. The van der Waals surface area contributed by atoms with E-state index in [-0.39, 0.29) is 29.8 Å². The van der Waals surface area contributed by atoms with Crippen LogP contribution < -0.4 is 5.32 Å². The fourth-order valence-electron chi connectivity index (χ4n) is 2.32. The number of rotatable bonds is 5. The van der Waals surface area contributed by atoms with Crippen molar-refractivity contribution >= 4 is 16.1 Å². The van der Waals surface area contributed by atoms with Gasteiger partial charge in [-0.25, -0.2) is 13.2 Å². The quantitative estimate of drug-likeness (QED) is 0.802. The molecule has 1 aliphatic rings. The number of hydrogen-bond acceptors (Lipinski definition) is 6. The number of sulfonamides is 1. The second-order valence-corrected chi connectivity index (χ2v) is 7.29. The average molecular weight is 346 g/mol. The fraction of sp³-hybridized carbons (Fsp3) is 0.692. The van der Waals surface area contributed by atoms with Gasteiger partial charge in [-0.05, 0) is 13.8 Å². The first-order valence-corrected chi connectivity index (χ1v) is 8.77. The van der Waals surface area contributed by atoms with Crippen LogP contribution in [0.25, 0.3) is 0 Å². The summed E-state index contributed by atoms with van der Waals surface area (Å²) in [5, 5.41) is 6.38. The molecule has 23 heavy (non-hydrogen) atoms. The lowest BCUT2D eigenvalue weighted by Gasteiger charge is -2.27. The molecule has 0 spiro atoms. The van der Waals surface area contributed by atoms with Crippen molar-refractivity contribution in [1.82, 2.24) is 19.7 Å². The molecule has 1 aliphatic heterocycles. The van der Waals surface area contributed by atoms with E-state index in [0.717, 1.165) is 0 Å². The summed E-state index contributed by atoms with van der Waals surface area (Å²) in [6, 6.07) is -0.212. The molecule has 1 aromatic rings. The highest BCUT2D eigenvalue weighted by molar-refractivity contribution is 7.89. The first-order chi connectivity index (χ1) is 10.8. The number of carbonyl (C=O) groups excluding carboxylic acids is 1. The largest absolute Gasteiger partial charge is 0.378 e. The Morgan fingerprint density at radius 3 is 2.57 bits per heavy atom. The summed E-state index contributed by atoms with van der Waals surface area (Å²) in [5.41, 5.74) is 0.326. The minimum atomic E-state index is -3.69.